The van der Waals surface area contributed by atoms with E-state index in [0.29, 0.717) is 16.6 Å². The highest BCUT2D eigenvalue weighted by Gasteiger charge is 2.02. The van der Waals surface area contributed by atoms with E-state index in [9.17, 15) is 4.39 Å². The van der Waals surface area contributed by atoms with E-state index in [-0.39, 0.29) is 5.82 Å². The molecule has 0 bridgehead atoms. The van der Waals surface area contributed by atoms with Gasteiger partial charge >= 0.3 is 0 Å². The summed E-state index contributed by atoms with van der Waals surface area (Å²) in [4.78, 5) is 0. The maximum absolute atomic E-state index is 13.1. The van der Waals surface area contributed by atoms with Gasteiger partial charge in [0.05, 0.1) is 10.0 Å². The average Bonchev–Trinajstić information content (AvgIpc) is 2.34. The molecule has 0 aromatic heterocycles. The fourth-order valence-corrected chi connectivity index (χ4v) is 1.93. The highest BCUT2D eigenvalue weighted by atomic mass is 35.5. The van der Waals surface area contributed by atoms with Crippen molar-refractivity contribution < 1.29 is 4.39 Å². The average molecular weight is 284 g/mol. The molecule has 0 saturated carbocycles. The first-order chi connectivity index (χ1) is 8.56. The Bertz CT molecular complexity index is 570. The molecule has 0 fully saturated rings. The minimum atomic E-state index is -0.230. The fourth-order valence-electron chi connectivity index (χ4n) is 1.63. The van der Waals surface area contributed by atoms with Gasteiger partial charge in [0.15, 0.2) is 0 Å². The number of hydrogen-bond acceptors (Lipinski definition) is 1. The van der Waals surface area contributed by atoms with Crippen LogP contribution in [-0.4, -0.2) is 0 Å². The molecule has 0 heterocycles. The van der Waals surface area contributed by atoms with E-state index in [2.05, 4.69) is 5.32 Å². The molecule has 0 aliphatic carbocycles. The first-order valence-electron chi connectivity index (χ1n) is 5.50. The minimum absolute atomic E-state index is 0.230. The van der Waals surface area contributed by atoms with E-state index in [1.54, 1.807) is 18.2 Å². The van der Waals surface area contributed by atoms with E-state index in [1.165, 1.54) is 12.1 Å². The van der Waals surface area contributed by atoms with Crippen LogP contribution in [0.3, 0.4) is 0 Å². The highest BCUT2D eigenvalue weighted by Crippen LogP contribution is 2.25. The smallest absolute Gasteiger partial charge is 0.123 e. The number of nitrogens with one attached hydrogen (secondary N) is 1. The molecule has 18 heavy (non-hydrogen) atoms. The molecule has 0 amide bonds. The van der Waals surface area contributed by atoms with Crippen molar-refractivity contribution in [1.29, 1.82) is 0 Å². The third-order valence-corrected chi connectivity index (χ3v) is 3.45. The van der Waals surface area contributed by atoms with Crippen LogP contribution in [0.15, 0.2) is 36.4 Å². The number of halogens is 3. The van der Waals surface area contributed by atoms with Gasteiger partial charge < -0.3 is 5.32 Å². The Morgan fingerprint density at radius 3 is 2.56 bits per heavy atom. The predicted octanol–water partition coefficient (Wildman–Crippen LogP) is 5.05. The van der Waals surface area contributed by atoms with Crippen LogP contribution < -0.4 is 5.32 Å². The second kappa shape index (κ2) is 5.59. The first kappa shape index (κ1) is 13.2. The zero-order chi connectivity index (χ0) is 13.1. The van der Waals surface area contributed by atoms with Crippen molar-refractivity contribution in [1.82, 2.24) is 0 Å². The molecule has 2 rings (SSSR count). The molecular weight excluding hydrogens is 272 g/mol. The number of aryl methyl sites for hydroxylation is 1. The molecule has 0 radical (unpaired) electrons. The molecule has 2 aromatic rings. The monoisotopic (exact) mass is 283 g/mol. The molecule has 1 nitrogen and oxygen atoms in total. The van der Waals surface area contributed by atoms with Crippen LogP contribution in [0.1, 0.15) is 11.1 Å². The standard InChI is InChI=1S/C14H12Cl2FN/c1-9-2-3-11(17)6-10(9)8-18-12-4-5-13(15)14(16)7-12/h2-7,18H,8H2,1H3. The summed E-state index contributed by atoms with van der Waals surface area (Å²) >= 11 is 11.8. The summed E-state index contributed by atoms with van der Waals surface area (Å²) in [6.45, 7) is 2.49. The van der Waals surface area contributed by atoms with Gasteiger partial charge in [-0.1, -0.05) is 29.3 Å². The SMILES string of the molecule is Cc1ccc(F)cc1CNc1ccc(Cl)c(Cl)c1. The van der Waals surface area contributed by atoms with Gasteiger partial charge in [0.1, 0.15) is 5.82 Å². The second-order valence-electron chi connectivity index (χ2n) is 4.05. The van der Waals surface area contributed by atoms with Gasteiger partial charge in [0.25, 0.3) is 0 Å². The zero-order valence-electron chi connectivity index (χ0n) is 9.81. The molecule has 0 atom stereocenters. The third kappa shape index (κ3) is 3.15. The van der Waals surface area contributed by atoms with Crippen molar-refractivity contribution in [2.45, 2.75) is 13.5 Å². The van der Waals surface area contributed by atoms with Gasteiger partial charge in [0, 0.05) is 12.2 Å². The van der Waals surface area contributed by atoms with Gasteiger partial charge in [0.2, 0.25) is 0 Å². The Morgan fingerprint density at radius 2 is 1.83 bits per heavy atom. The normalized spacial score (nSPS) is 10.4. The predicted molar refractivity (Wildman–Crippen MR) is 74.9 cm³/mol. The Kier molecular flexibility index (Phi) is 4.10. The molecule has 94 valence electrons. The number of anilines is 1. The lowest BCUT2D eigenvalue weighted by Gasteiger charge is -2.10. The quantitative estimate of drug-likeness (QED) is 0.831. The van der Waals surface area contributed by atoms with E-state index in [0.717, 1.165) is 16.8 Å². The van der Waals surface area contributed by atoms with Crippen molar-refractivity contribution in [2.75, 3.05) is 5.32 Å². The van der Waals surface area contributed by atoms with Gasteiger partial charge in [-0.2, -0.15) is 0 Å². The largest absolute Gasteiger partial charge is 0.381 e. The Balaban J connectivity index is 2.11. The molecule has 2 aromatic carbocycles. The number of benzene rings is 2. The first-order valence-corrected chi connectivity index (χ1v) is 6.26. The Morgan fingerprint density at radius 1 is 1.06 bits per heavy atom. The molecular formula is C14H12Cl2FN. The summed E-state index contributed by atoms with van der Waals surface area (Å²) in [5.74, 6) is -0.230. The van der Waals surface area contributed by atoms with E-state index >= 15 is 0 Å². The van der Waals surface area contributed by atoms with Crippen LogP contribution in [0.4, 0.5) is 10.1 Å². The van der Waals surface area contributed by atoms with Crippen molar-refractivity contribution in [3.05, 3.63) is 63.4 Å². The Labute approximate surface area is 116 Å². The lowest BCUT2D eigenvalue weighted by atomic mass is 10.1. The van der Waals surface area contributed by atoms with E-state index in [1.807, 2.05) is 13.0 Å². The van der Waals surface area contributed by atoms with Crippen molar-refractivity contribution in [3.63, 3.8) is 0 Å². The maximum Gasteiger partial charge on any atom is 0.123 e. The summed E-state index contributed by atoms with van der Waals surface area (Å²) in [5.41, 5.74) is 2.82. The highest BCUT2D eigenvalue weighted by molar-refractivity contribution is 6.42. The Hall–Kier alpha value is -1.25. The number of hydrogen-bond donors (Lipinski definition) is 1. The summed E-state index contributed by atoms with van der Waals surface area (Å²) in [6, 6.07) is 10.1. The van der Waals surface area contributed by atoms with E-state index in [4.69, 9.17) is 23.2 Å². The maximum atomic E-state index is 13.1. The summed E-state index contributed by atoms with van der Waals surface area (Å²) in [6.07, 6.45) is 0. The molecule has 4 heteroatoms. The fraction of sp³-hybridized carbons (Fsp3) is 0.143. The van der Waals surface area contributed by atoms with Crippen molar-refractivity contribution >= 4 is 28.9 Å². The van der Waals surface area contributed by atoms with Crippen LogP contribution in [0.2, 0.25) is 10.0 Å². The van der Waals surface area contributed by atoms with Crippen LogP contribution >= 0.6 is 23.2 Å². The molecule has 1 N–H and O–H groups in total. The van der Waals surface area contributed by atoms with Gasteiger partial charge in [-0.15, -0.1) is 0 Å². The third-order valence-electron chi connectivity index (χ3n) is 2.71. The molecule has 0 aliphatic rings. The van der Waals surface area contributed by atoms with Gasteiger partial charge in [-0.3, -0.25) is 0 Å². The van der Waals surface area contributed by atoms with Crippen molar-refractivity contribution in [2.24, 2.45) is 0 Å². The molecule has 0 unspecified atom stereocenters. The van der Waals surface area contributed by atoms with Crippen LogP contribution in [0.25, 0.3) is 0 Å². The lowest BCUT2D eigenvalue weighted by Crippen LogP contribution is -2.01. The summed E-state index contributed by atoms with van der Waals surface area (Å²) in [7, 11) is 0. The van der Waals surface area contributed by atoms with Crippen molar-refractivity contribution in [3.8, 4) is 0 Å². The number of rotatable bonds is 3. The molecule has 0 spiro atoms. The molecule has 0 saturated heterocycles. The van der Waals surface area contributed by atoms with Crippen LogP contribution in [-0.2, 0) is 6.54 Å². The summed E-state index contributed by atoms with van der Waals surface area (Å²) < 4.78 is 13.1. The minimum Gasteiger partial charge on any atom is -0.381 e. The zero-order valence-corrected chi connectivity index (χ0v) is 11.3. The van der Waals surface area contributed by atoms with Gasteiger partial charge in [-0.25, -0.2) is 4.39 Å². The van der Waals surface area contributed by atoms with Gasteiger partial charge in [-0.05, 0) is 48.4 Å². The summed E-state index contributed by atoms with van der Waals surface area (Å²) in [5, 5.41) is 4.20. The topological polar surface area (TPSA) is 12.0 Å². The molecule has 0 aliphatic heterocycles. The van der Waals surface area contributed by atoms with Crippen LogP contribution in [0, 0.1) is 12.7 Å². The second-order valence-corrected chi connectivity index (χ2v) is 4.87. The van der Waals surface area contributed by atoms with Crippen LogP contribution in [0.5, 0.6) is 0 Å². The van der Waals surface area contributed by atoms with E-state index < -0.39 is 0 Å². The lowest BCUT2D eigenvalue weighted by molar-refractivity contribution is 0.625.